The van der Waals surface area contributed by atoms with Gasteiger partial charge in [0.15, 0.2) is 0 Å². The molecule has 2 heterocycles. The summed E-state index contributed by atoms with van der Waals surface area (Å²) in [5, 5.41) is 17.3. The van der Waals surface area contributed by atoms with E-state index in [4.69, 9.17) is 0 Å². The third-order valence-corrected chi connectivity index (χ3v) is 2.14. The summed E-state index contributed by atoms with van der Waals surface area (Å²) >= 11 is 0. The number of aryl methyl sites for hydroxylation is 1. The molecule has 0 aliphatic carbocycles. The molecule has 0 bridgehead atoms. The summed E-state index contributed by atoms with van der Waals surface area (Å²) in [5.41, 5.74) is 1.31. The van der Waals surface area contributed by atoms with Gasteiger partial charge in [0.2, 0.25) is 5.82 Å². The number of aromatic nitrogens is 2. The van der Waals surface area contributed by atoms with Crippen LogP contribution in [0, 0.1) is 17.0 Å². The van der Waals surface area contributed by atoms with Crippen LogP contribution in [0.25, 0.3) is 0 Å². The SMILES string of the molecule is Cc1ccc([N+](=O)[O-])c(NCc2ccon2)n1. The van der Waals surface area contributed by atoms with E-state index in [0.717, 1.165) is 0 Å². The van der Waals surface area contributed by atoms with E-state index in [1.807, 2.05) is 0 Å². The molecule has 17 heavy (non-hydrogen) atoms. The van der Waals surface area contributed by atoms with Gasteiger partial charge in [0.25, 0.3) is 0 Å². The summed E-state index contributed by atoms with van der Waals surface area (Å²) in [6.45, 7) is 2.10. The van der Waals surface area contributed by atoms with Crippen LogP contribution in [0.1, 0.15) is 11.4 Å². The first kappa shape index (κ1) is 11.1. The molecule has 2 rings (SSSR count). The Balaban J connectivity index is 2.19. The van der Waals surface area contributed by atoms with E-state index in [1.165, 1.54) is 12.3 Å². The summed E-state index contributed by atoms with van der Waals surface area (Å²) in [6, 6.07) is 4.70. The highest BCUT2D eigenvalue weighted by atomic mass is 16.6. The molecule has 0 fully saturated rings. The molecule has 0 spiro atoms. The van der Waals surface area contributed by atoms with E-state index < -0.39 is 4.92 Å². The zero-order valence-electron chi connectivity index (χ0n) is 9.08. The van der Waals surface area contributed by atoms with Crippen molar-refractivity contribution in [2.24, 2.45) is 0 Å². The lowest BCUT2D eigenvalue weighted by molar-refractivity contribution is -0.384. The fraction of sp³-hybridized carbons (Fsp3) is 0.200. The van der Waals surface area contributed by atoms with Crippen LogP contribution in [0.2, 0.25) is 0 Å². The van der Waals surface area contributed by atoms with Gasteiger partial charge in [-0.1, -0.05) is 5.16 Å². The van der Waals surface area contributed by atoms with Crippen LogP contribution in [0.3, 0.4) is 0 Å². The fourth-order valence-corrected chi connectivity index (χ4v) is 1.33. The van der Waals surface area contributed by atoms with E-state index in [-0.39, 0.29) is 11.5 Å². The first-order valence-electron chi connectivity index (χ1n) is 4.92. The van der Waals surface area contributed by atoms with Crippen molar-refractivity contribution in [2.45, 2.75) is 13.5 Å². The summed E-state index contributed by atoms with van der Waals surface area (Å²) in [7, 11) is 0. The third kappa shape index (κ3) is 2.57. The van der Waals surface area contributed by atoms with E-state index in [9.17, 15) is 10.1 Å². The van der Waals surface area contributed by atoms with Crippen molar-refractivity contribution in [1.29, 1.82) is 0 Å². The molecule has 0 radical (unpaired) electrons. The number of nitro groups is 1. The van der Waals surface area contributed by atoms with Gasteiger partial charge in [-0.3, -0.25) is 10.1 Å². The standard InChI is InChI=1S/C10H10N4O3/c1-7-2-3-9(14(15)16)10(12-7)11-6-8-4-5-17-13-8/h2-5H,6H2,1H3,(H,11,12). The van der Waals surface area contributed by atoms with E-state index >= 15 is 0 Å². The van der Waals surface area contributed by atoms with Gasteiger partial charge >= 0.3 is 5.69 Å². The van der Waals surface area contributed by atoms with Crippen LogP contribution in [0.4, 0.5) is 11.5 Å². The number of nitrogens with one attached hydrogen (secondary N) is 1. The highest BCUT2D eigenvalue weighted by molar-refractivity contribution is 5.56. The Morgan fingerprint density at radius 2 is 2.29 bits per heavy atom. The Kier molecular flexibility index (Phi) is 2.99. The van der Waals surface area contributed by atoms with E-state index in [0.29, 0.717) is 17.9 Å². The minimum atomic E-state index is -0.475. The molecule has 1 N–H and O–H groups in total. The van der Waals surface area contributed by atoms with Crippen molar-refractivity contribution < 1.29 is 9.45 Å². The van der Waals surface area contributed by atoms with E-state index in [1.54, 1.807) is 19.1 Å². The lowest BCUT2D eigenvalue weighted by Gasteiger charge is -2.04. The maximum absolute atomic E-state index is 10.8. The van der Waals surface area contributed by atoms with Crippen LogP contribution in [0.15, 0.2) is 29.0 Å². The van der Waals surface area contributed by atoms with Gasteiger partial charge in [0.1, 0.15) is 12.0 Å². The summed E-state index contributed by atoms with van der Waals surface area (Å²) in [5.74, 6) is 0.234. The molecule has 0 aliphatic rings. The second-order valence-electron chi connectivity index (χ2n) is 3.42. The molecule has 0 amide bonds. The zero-order valence-corrected chi connectivity index (χ0v) is 9.08. The van der Waals surface area contributed by atoms with Gasteiger partial charge < -0.3 is 9.84 Å². The Labute approximate surface area is 96.6 Å². The Bertz CT molecular complexity index is 524. The van der Waals surface area contributed by atoms with Crippen molar-refractivity contribution in [3.05, 3.63) is 46.0 Å². The largest absolute Gasteiger partial charge is 0.364 e. The number of rotatable bonds is 4. The summed E-state index contributed by atoms with van der Waals surface area (Å²) in [6.07, 6.45) is 1.44. The van der Waals surface area contributed by atoms with Crippen molar-refractivity contribution in [3.63, 3.8) is 0 Å². The maximum Gasteiger partial charge on any atom is 0.311 e. The first-order chi connectivity index (χ1) is 8.16. The minimum absolute atomic E-state index is 0.0564. The molecule has 0 aliphatic heterocycles. The highest BCUT2D eigenvalue weighted by Gasteiger charge is 2.14. The van der Waals surface area contributed by atoms with Gasteiger partial charge in [-0.2, -0.15) is 0 Å². The molecule has 7 nitrogen and oxygen atoms in total. The molecule has 2 aromatic rings. The third-order valence-electron chi connectivity index (χ3n) is 2.14. The Morgan fingerprint density at radius 3 is 2.94 bits per heavy atom. The fourth-order valence-electron chi connectivity index (χ4n) is 1.33. The molecule has 88 valence electrons. The van der Waals surface area contributed by atoms with Gasteiger partial charge in [-0.15, -0.1) is 0 Å². The predicted octanol–water partition coefficient (Wildman–Crippen LogP) is 1.90. The first-order valence-corrected chi connectivity index (χ1v) is 4.92. The topological polar surface area (TPSA) is 94.1 Å². The molecular formula is C10H10N4O3. The smallest absolute Gasteiger partial charge is 0.311 e. The Morgan fingerprint density at radius 1 is 1.47 bits per heavy atom. The lowest BCUT2D eigenvalue weighted by Crippen LogP contribution is -2.05. The maximum atomic E-state index is 10.8. The van der Waals surface area contributed by atoms with Crippen molar-refractivity contribution in [2.75, 3.05) is 5.32 Å². The Hall–Kier alpha value is -2.44. The molecule has 0 saturated heterocycles. The summed E-state index contributed by atoms with van der Waals surface area (Å²) < 4.78 is 4.66. The molecule has 0 atom stereocenters. The summed E-state index contributed by atoms with van der Waals surface area (Å²) in [4.78, 5) is 14.4. The van der Waals surface area contributed by atoms with Gasteiger partial charge in [0.05, 0.1) is 11.5 Å². The van der Waals surface area contributed by atoms with Crippen LogP contribution in [-0.4, -0.2) is 15.1 Å². The van der Waals surface area contributed by atoms with Gasteiger partial charge in [0, 0.05) is 17.8 Å². The van der Waals surface area contributed by atoms with Crippen molar-refractivity contribution >= 4 is 11.5 Å². The second-order valence-corrected chi connectivity index (χ2v) is 3.42. The molecular weight excluding hydrogens is 224 g/mol. The number of nitrogens with zero attached hydrogens (tertiary/aromatic N) is 3. The lowest BCUT2D eigenvalue weighted by atomic mass is 10.3. The predicted molar refractivity (Wildman–Crippen MR) is 59.5 cm³/mol. The number of anilines is 1. The average molecular weight is 234 g/mol. The van der Waals surface area contributed by atoms with Gasteiger partial charge in [-0.05, 0) is 13.0 Å². The average Bonchev–Trinajstić information content (AvgIpc) is 2.78. The van der Waals surface area contributed by atoms with Crippen molar-refractivity contribution in [1.82, 2.24) is 10.1 Å². The van der Waals surface area contributed by atoms with Crippen LogP contribution < -0.4 is 5.32 Å². The number of hydrogen-bond donors (Lipinski definition) is 1. The van der Waals surface area contributed by atoms with Crippen LogP contribution in [0.5, 0.6) is 0 Å². The molecule has 7 heteroatoms. The quantitative estimate of drug-likeness (QED) is 0.641. The van der Waals surface area contributed by atoms with Crippen LogP contribution >= 0.6 is 0 Å². The zero-order chi connectivity index (χ0) is 12.3. The van der Waals surface area contributed by atoms with Crippen LogP contribution in [-0.2, 0) is 6.54 Å². The molecule has 0 unspecified atom stereocenters. The monoisotopic (exact) mass is 234 g/mol. The van der Waals surface area contributed by atoms with Crippen molar-refractivity contribution in [3.8, 4) is 0 Å². The highest BCUT2D eigenvalue weighted by Crippen LogP contribution is 2.22. The minimum Gasteiger partial charge on any atom is -0.364 e. The normalized spacial score (nSPS) is 10.2. The second kappa shape index (κ2) is 4.60. The molecule has 2 aromatic heterocycles. The van der Waals surface area contributed by atoms with E-state index in [2.05, 4.69) is 20.0 Å². The van der Waals surface area contributed by atoms with Gasteiger partial charge in [-0.25, -0.2) is 4.98 Å². The number of hydrogen-bond acceptors (Lipinski definition) is 6. The molecule has 0 aromatic carbocycles. The number of pyridine rings is 1. The molecule has 0 saturated carbocycles.